The third-order valence-corrected chi connectivity index (χ3v) is 4.15. The molecule has 5 nitrogen and oxygen atoms in total. The van der Waals surface area contributed by atoms with Crippen molar-refractivity contribution < 1.29 is 23.4 Å². The lowest BCUT2D eigenvalue weighted by Crippen LogP contribution is -2.07. The number of esters is 1. The van der Waals surface area contributed by atoms with E-state index >= 15 is 0 Å². The number of methoxy groups -OCH3 is 1. The molecule has 134 valence electrons. The fraction of sp³-hybridized carbons (Fsp3) is 0.158. The van der Waals surface area contributed by atoms with Gasteiger partial charge < -0.3 is 14.2 Å². The maximum atomic E-state index is 13.9. The predicted octanol–water partition coefficient (Wildman–Crippen LogP) is 4.34. The monoisotopic (exact) mass is 419 g/mol. The second-order valence-corrected chi connectivity index (χ2v) is 6.14. The second-order valence-electron chi connectivity index (χ2n) is 5.28. The summed E-state index contributed by atoms with van der Waals surface area (Å²) in [4.78, 5) is 16.2. The number of carbonyl (C=O) groups excluding carboxylic acids is 1. The molecule has 0 unspecified atom stereocenters. The van der Waals surface area contributed by atoms with Gasteiger partial charge in [0.05, 0.1) is 23.8 Å². The van der Waals surface area contributed by atoms with E-state index in [-0.39, 0.29) is 17.2 Å². The summed E-state index contributed by atoms with van der Waals surface area (Å²) in [5.41, 5.74) is 0.865. The molecular formula is C19H15BrFNO4. The minimum Gasteiger partial charge on any atom is -0.492 e. The molecule has 0 atom stereocenters. The van der Waals surface area contributed by atoms with E-state index < -0.39 is 11.8 Å². The summed E-state index contributed by atoms with van der Waals surface area (Å²) >= 11 is 3.41. The molecule has 1 aliphatic heterocycles. The molecule has 0 N–H and O–H groups in total. The van der Waals surface area contributed by atoms with Crippen LogP contribution in [0.25, 0.3) is 6.08 Å². The van der Waals surface area contributed by atoms with Gasteiger partial charge >= 0.3 is 5.97 Å². The minimum absolute atomic E-state index is 0.0584. The summed E-state index contributed by atoms with van der Waals surface area (Å²) < 4.78 is 30.5. The number of benzene rings is 2. The Morgan fingerprint density at radius 1 is 1.31 bits per heavy atom. The van der Waals surface area contributed by atoms with Crippen LogP contribution in [0.4, 0.5) is 4.39 Å². The van der Waals surface area contributed by atoms with Gasteiger partial charge in [0.2, 0.25) is 5.90 Å². The van der Waals surface area contributed by atoms with Crippen LogP contribution < -0.4 is 9.47 Å². The highest BCUT2D eigenvalue weighted by molar-refractivity contribution is 9.10. The predicted molar refractivity (Wildman–Crippen MR) is 98.9 cm³/mol. The summed E-state index contributed by atoms with van der Waals surface area (Å²) in [6.07, 6.45) is 1.54. The molecule has 0 amide bonds. The third-order valence-electron chi connectivity index (χ3n) is 3.56. The standard InChI is InChI=1S/C19H15BrFNO4/c1-3-25-16-10-11(8-13(20)17(16)24-2)9-15-19(23)26-18(22-15)12-6-4-5-7-14(12)21/h4-10H,3H2,1-2H3/b15-9-. The van der Waals surface area contributed by atoms with Crippen LogP contribution in [-0.4, -0.2) is 25.6 Å². The first-order chi connectivity index (χ1) is 12.5. The van der Waals surface area contributed by atoms with Gasteiger partial charge in [-0.15, -0.1) is 0 Å². The van der Waals surface area contributed by atoms with Crippen LogP contribution in [0.5, 0.6) is 11.5 Å². The average Bonchev–Trinajstić information content (AvgIpc) is 2.96. The van der Waals surface area contributed by atoms with E-state index in [2.05, 4.69) is 20.9 Å². The molecular weight excluding hydrogens is 405 g/mol. The quantitative estimate of drug-likeness (QED) is 0.534. The summed E-state index contributed by atoms with van der Waals surface area (Å²) in [6.45, 7) is 2.32. The van der Waals surface area contributed by atoms with E-state index in [1.54, 1.807) is 37.5 Å². The summed E-state index contributed by atoms with van der Waals surface area (Å²) in [5, 5.41) is 0. The maximum absolute atomic E-state index is 13.9. The van der Waals surface area contributed by atoms with Gasteiger partial charge in [0, 0.05) is 0 Å². The zero-order valence-electron chi connectivity index (χ0n) is 14.1. The third kappa shape index (κ3) is 3.62. The number of cyclic esters (lactones) is 1. The van der Waals surface area contributed by atoms with Crippen molar-refractivity contribution in [2.75, 3.05) is 13.7 Å². The molecule has 2 aromatic rings. The van der Waals surface area contributed by atoms with E-state index in [0.29, 0.717) is 28.1 Å². The topological polar surface area (TPSA) is 57.1 Å². The van der Waals surface area contributed by atoms with E-state index in [0.717, 1.165) is 0 Å². The van der Waals surface area contributed by atoms with Crippen LogP contribution in [0.15, 0.2) is 51.6 Å². The molecule has 0 saturated heterocycles. The highest BCUT2D eigenvalue weighted by Gasteiger charge is 2.26. The van der Waals surface area contributed by atoms with Gasteiger partial charge in [-0.05, 0) is 58.8 Å². The number of rotatable bonds is 5. The summed E-state index contributed by atoms with van der Waals surface area (Å²) in [5.74, 6) is -0.129. The second kappa shape index (κ2) is 7.70. The average molecular weight is 420 g/mol. The van der Waals surface area contributed by atoms with Crippen molar-refractivity contribution in [2.45, 2.75) is 6.92 Å². The van der Waals surface area contributed by atoms with Crippen molar-refractivity contribution in [2.24, 2.45) is 4.99 Å². The zero-order valence-corrected chi connectivity index (χ0v) is 15.7. The van der Waals surface area contributed by atoms with Crippen molar-refractivity contribution in [3.05, 3.63) is 63.5 Å². The van der Waals surface area contributed by atoms with Gasteiger partial charge in [0.1, 0.15) is 5.82 Å². The number of nitrogens with zero attached hydrogens (tertiary/aromatic N) is 1. The molecule has 7 heteroatoms. The maximum Gasteiger partial charge on any atom is 0.363 e. The van der Waals surface area contributed by atoms with Crippen molar-refractivity contribution in [1.82, 2.24) is 0 Å². The van der Waals surface area contributed by atoms with E-state index in [1.165, 1.54) is 12.1 Å². The molecule has 0 bridgehead atoms. The van der Waals surface area contributed by atoms with Crippen molar-refractivity contribution in [3.8, 4) is 11.5 Å². The smallest absolute Gasteiger partial charge is 0.363 e. The molecule has 0 fully saturated rings. The molecule has 26 heavy (non-hydrogen) atoms. The number of halogens is 2. The highest BCUT2D eigenvalue weighted by atomic mass is 79.9. The molecule has 3 rings (SSSR count). The van der Waals surface area contributed by atoms with E-state index in [9.17, 15) is 9.18 Å². The summed E-state index contributed by atoms with van der Waals surface area (Å²) in [7, 11) is 1.54. The Kier molecular flexibility index (Phi) is 5.37. The molecule has 0 aliphatic carbocycles. The van der Waals surface area contributed by atoms with Gasteiger partial charge in [0.25, 0.3) is 0 Å². The van der Waals surface area contributed by atoms with Crippen molar-refractivity contribution >= 4 is 33.9 Å². The molecule has 2 aromatic carbocycles. The lowest BCUT2D eigenvalue weighted by atomic mass is 10.1. The fourth-order valence-electron chi connectivity index (χ4n) is 2.45. The van der Waals surface area contributed by atoms with E-state index in [4.69, 9.17) is 14.2 Å². The molecule has 1 heterocycles. The first-order valence-electron chi connectivity index (χ1n) is 7.81. The molecule has 0 radical (unpaired) electrons. The summed E-state index contributed by atoms with van der Waals surface area (Å²) in [6, 6.07) is 9.47. The highest BCUT2D eigenvalue weighted by Crippen LogP contribution is 2.37. The first-order valence-corrected chi connectivity index (χ1v) is 8.60. The van der Waals surface area contributed by atoms with E-state index in [1.807, 2.05) is 6.92 Å². The molecule has 1 aliphatic rings. The van der Waals surface area contributed by atoms with Crippen LogP contribution in [0.1, 0.15) is 18.1 Å². The largest absolute Gasteiger partial charge is 0.492 e. The lowest BCUT2D eigenvalue weighted by molar-refractivity contribution is -0.129. The van der Waals surface area contributed by atoms with Crippen molar-refractivity contribution in [3.63, 3.8) is 0 Å². The Labute approximate surface area is 158 Å². The number of aliphatic imine (C=N–C) groups is 1. The van der Waals surface area contributed by atoms with Crippen LogP contribution in [0.2, 0.25) is 0 Å². The van der Waals surface area contributed by atoms with Crippen LogP contribution >= 0.6 is 15.9 Å². The number of carbonyl (C=O) groups is 1. The molecule has 0 aromatic heterocycles. The molecule has 0 saturated carbocycles. The Bertz CT molecular complexity index is 924. The lowest BCUT2D eigenvalue weighted by Gasteiger charge is -2.12. The van der Waals surface area contributed by atoms with Gasteiger partial charge in [-0.2, -0.15) is 0 Å². The van der Waals surface area contributed by atoms with Gasteiger partial charge in [-0.3, -0.25) is 0 Å². The van der Waals surface area contributed by atoms with Crippen molar-refractivity contribution in [1.29, 1.82) is 0 Å². The molecule has 0 spiro atoms. The normalized spacial score (nSPS) is 15.0. The number of hydrogen-bond donors (Lipinski definition) is 0. The fourth-order valence-corrected chi connectivity index (χ4v) is 3.07. The SMILES string of the molecule is CCOc1cc(/C=C2\N=C(c3ccccc3F)OC2=O)cc(Br)c1OC. The Morgan fingerprint density at radius 3 is 2.77 bits per heavy atom. The van der Waals surface area contributed by atoms with Gasteiger partial charge in [-0.25, -0.2) is 14.2 Å². The first kappa shape index (κ1) is 18.1. The van der Waals surface area contributed by atoms with Crippen LogP contribution in [0.3, 0.4) is 0 Å². The minimum atomic E-state index is -0.645. The van der Waals surface area contributed by atoms with Crippen LogP contribution in [-0.2, 0) is 9.53 Å². The van der Waals surface area contributed by atoms with Crippen LogP contribution in [0, 0.1) is 5.82 Å². The Hall–Kier alpha value is -2.67. The Balaban J connectivity index is 1.99. The Morgan fingerprint density at radius 2 is 2.08 bits per heavy atom. The number of hydrogen-bond acceptors (Lipinski definition) is 5. The number of ether oxygens (including phenoxy) is 3. The van der Waals surface area contributed by atoms with Gasteiger partial charge in [-0.1, -0.05) is 12.1 Å². The zero-order chi connectivity index (χ0) is 18.7. The van der Waals surface area contributed by atoms with Gasteiger partial charge in [0.15, 0.2) is 17.2 Å².